The Morgan fingerprint density at radius 3 is 2.82 bits per heavy atom. The van der Waals surface area contributed by atoms with E-state index in [0.717, 1.165) is 6.54 Å². The Morgan fingerprint density at radius 1 is 1.41 bits per heavy atom. The number of likely N-dealkylation sites (N-methyl/N-ethyl adjacent to an activating group) is 1. The Bertz CT molecular complexity index is 369. The Labute approximate surface area is 101 Å². The molecule has 0 spiro atoms. The van der Waals surface area contributed by atoms with Gasteiger partial charge in [0.1, 0.15) is 5.82 Å². The largest absolute Gasteiger partial charge is 0.361 e. The highest BCUT2D eigenvalue weighted by atomic mass is 16.2. The number of carbonyl (C=O) groups is 1. The summed E-state index contributed by atoms with van der Waals surface area (Å²) in [6.07, 6.45) is 1.65. The zero-order valence-electron chi connectivity index (χ0n) is 10.5. The lowest BCUT2D eigenvalue weighted by molar-refractivity contribution is -0.127. The summed E-state index contributed by atoms with van der Waals surface area (Å²) in [4.78, 5) is 21.5. The van der Waals surface area contributed by atoms with Crippen LogP contribution in [0.1, 0.15) is 13.8 Å². The Hall–Kier alpha value is -1.85. The molecule has 17 heavy (non-hydrogen) atoms. The van der Waals surface area contributed by atoms with Crippen LogP contribution in [0.25, 0.3) is 0 Å². The Kier molecular flexibility index (Phi) is 5.19. The third-order valence-electron chi connectivity index (χ3n) is 2.31. The summed E-state index contributed by atoms with van der Waals surface area (Å²) in [6, 6.07) is 1.74. The summed E-state index contributed by atoms with van der Waals surface area (Å²) in [7, 11) is 1.77. The highest BCUT2D eigenvalue weighted by Crippen LogP contribution is 2.04. The van der Waals surface area contributed by atoms with Gasteiger partial charge in [-0.2, -0.15) is 4.98 Å². The molecule has 6 nitrogen and oxygen atoms in total. The molecular formula is C11H19N5O. The SMILES string of the molecule is CCNc1nccc(NCC(=O)N(C)CC)n1. The second-order valence-electron chi connectivity index (χ2n) is 3.56. The van der Waals surface area contributed by atoms with E-state index in [4.69, 9.17) is 0 Å². The lowest BCUT2D eigenvalue weighted by Gasteiger charge is -2.15. The molecule has 0 fully saturated rings. The van der Waals surface area contributed by atoms with Crippen molar-refractivity contribution in [3.8, 4) is 0 Å². The number of nitrogens with one attached hydrogen (secondary N) is 2. The number of carbonyl (C=O) groups excluding carboxylic acids is 1. The minimum absolute atomic E-state index is 0.0381. The van der Waals surface area contributed by atoms with Gasteiger partial charge in [-0.1, -0.05) is 0 Å². The van der Waals surface area contributed by atoms with Crippen molar-refractivity contribution >= 4 is 17.7 Å². The molecule has 1 aromatic rings. The molecule has 1 amide bonds. The lowest BCUT2D eigenvalue weighted by atomic mass is 10.4. The van der Waals surface area contributed by atoms with Crippen LogP contribution in [-0.4, -0.2) is 47.5 Å². The summed E-state index contributed by atoms with van der Waals surface area (Å²) in [5.74, 6) is 1.25. The molecule has 0 aliphatic rings. The molecule has 0 bridgehead atoms. The molecule has 0 saturated carbocycles. The molecule has 0 radical (unpaired) electrons. The molecule has 0 aliphatic carbocycles. The molecule has 2 N–H and O–H groups in total. The fourth-order valence-electron chi connectivity index (χ4n) is 1.18. The number of rotatable bonds is 6. The number of aromatic nitrogens is 2. The van der Waals surface area contributed by atoms with E-state index in [1.54, 1.807) is 24.2 Å². The molecule has 1 rings (SSSR count). The Morgan fingerprint density at radius 2 is 2.18 bits per heavy atom. The smallest absolute Gasteiger partial charge is 0.241 e. The van der Waals surface area contributed by atoms with Crippen LogP contribution < -0.4 is 10.6 Å². The predicted molar refractivity (Wildman–Crippen MR) is 68.0 cm³/mol. The summed E-state index contributed by atoms with van der Waals surface area (Å²) in [6.45, 7) is 5.62. The van der Waals surface area contributed by atoms with E-state index in [0.29, 0.717) is 18.3 Å². The Balaban J connectivity index is 2.51. The van der Waals surface area contributed by atoms with Gasteiger partial charge < -0.3 is 15.5 Å². The van der Waals surface area contributed by atoms with E-state index < -0.39 is 0 Å². The minimum atomic E-state index is 0.0381. The van der Waals surface area contributed by atoms with E-state index in [1.165, 1.54) is 0 Å². The van der Waals surface area contributed by atoms with Crippen LogP contribution in [0, 0.1) is 0 Å². The van der Waals surface area contributed by atoms with Gasteiger partial charge in [-0.25, -0.2) is 4.98 Å². The number of hydrogen-bond donors (Lipinski definition) is 2. The average molecular weight is 237 g/mol. The van der Waals surface area contributed by atoms with Gasteiger partial charge in [0.25, 0.3) is 0 Å². The number of hydrogen-bond acceptors (Lipinski definition) is 5. The van der Waals surface area contributed by atoms with Gasteiger partial charge >= 0.3 is 0 Å². The molecule has 1 aromatic heterocycles. The van der Waals surface area contributed by atoms with Gasteiger partial charge in [0, 0.05) is 26.3 Å². The van der Waals surface area contributed by atoms with Gasteiger partial charge in [0.05, 0.1) is 6.54 Å². The molecular weight excluding hydrogens is 218 g/mol. The van der Waals surface area contributed by atoms with Crippen molar-refractivity contribution in [2.45, 2.75) is 13.8 Å². The normalized spacial score (nSPS) is 9.82. The number of amides is 1. The summed E-state index contributed by atoms with van der Waals surface area (Å²) in [5.41, 5.74) is 0. The molecule has 1 heterocycles. The molecule has 6 heteroatoms. The first-order valence-electron chi connectivity index (χ1n) is 5.72. The van der Waals surface area contributed by atoms with Crippen LogP contribution >= 0.6 is 0 Å². The zero-order chi connectivity index (χ0) is 12.7. The van der Waals surface area contributed by atoms with E-state index in [-0.39, 0.29) is 12.5 Å². The van der Waals surface area contributed by atoms with Crippen molar-refractivity contribution < 1.29 is 4.79 Å². The second-order valence-corrected chi connectivity index (χ2v) is 3.56. The lowest BCUT2D eigenvalue weighted by Crippen LogP contribution is -2.32. The van der Waals surface area contributed by atoms with Gasteiger partial charge in [0.2, 0.25) is 11.9 Å². The van der Waals surface area contributed by atoms with Crippen LogP contribution in [0.5, 0.6) is 0 Å². The third kappa shape index (κ3) is 4.26. The van der Waals surface area contributed by atoms with Crippen molar-refractivity contribution in [3.63, 3.8) is 0 Å². The van der Waals surface area contributed by atoms with Crippen LogP contribution in [0.4, 0.5) is 11.8 Å². The van der Waals surface area contributed by atoms with Crippen molar-refractivity contribution in [2.24, 2.45) is 0 Å². The first kappa shape index (κ1) is 13.2. The fourth-order valence-corrected chi connectivity index (χ4v) is 1.18. The van der Waals surface area contributed by atoms with Crippen molar-refractivity contribution in [2.75, 3.05) is 37.3 Å². The highest BCUT2D eigenvalue weighted by molar-refractivity contribution is 5.80. The molecule has 0 saturated heterocycles. The predicted octanol–water partition coefficient (Wildman–Crippen LogP) is 0.799. The van der Waals surface area contributed by atoms with E-state index >= 15 is 0 Å². The van der Waals surface area contributed by atoms with Crippen LogP contribution in [-0.2, 0) is 4.79 Å². The molecule has 0 aromatic carbocycles. The van der Waals surface area contributed by atoms with Crippen LogP contribution in [0.15, 0.2) is 12.3 Å². The maximum Gasteiger partial charge on any atom is 0.241 e. The molecule has 94 valence electrons. The van der Waals surface area contributed by atoms with Gasteiger partial charge in [-0.15, -0.1) is 0 Å². The quantitative estimate of drug-likeness (QED) is 0.765. The van der Waals surface area contributed by atoms with Crippen molar-refractivity contribution in [3.05, 3.63) is 12.3 Å². The van der Waals surface area contributed by atoms with E-state index in [2.05, 4.69) is 20.6 Å². The molecule has 0 aliphatic heterocycles. The highest BCUT2D eigenvalue weighted by Gasteiger charge is 2.06. The van der Waals surface area contributed by atoms with Crippen molar-refractivity contribution in [1.29, 1.82) is 0 Å². The zero-order valence-corrected chi connectivity index (χ0v) is 10.5. The van der Waals surface area contributed by atoms with Gasteiger partial charge in [-0.3, -0.25) is 4.79 Å². The average Bonchev–Trinajstić information content (AvgIpc) is 2.36. The fraction of sp³-hybridized carbons (Fsp3) is 0.545. The summed E-state index contributed by atoms with van der Waals surface area (Å²) >= 11 is 0. The first-order valence-corrected chi connectivity index (χ1v) is 5.72. The maximum absolute atomic E-state index is 11.6. The van der Waals surface area contributed by atoms with Crippen LogP contribution in [0.2, 0.25) is 0 Å². The number of nitrogens with zero attached hydrogens (tertiary/aromatic N) is 3. The third-order valence-corrected chi connectivity index (χ3v) is 2.31. The molecule has 0 unspecified atom stereocenters. The maximum atomic E-state index is 11.6. The topological polar surface area (TPSA) is 70.2 Å². The van der Waals surface area contributed by atoms with E-state index in [1.807, 2.05) is 13.8 Å². The van der Waals surface area contributed by atoms with Gasteiger partial charge in [-0.05, 0) is 19.9 Å². The minimum Gasteiger partial charge on any atom is -0.361 e. The second kappa shape index (κ2) is 6.67. The van der Waals surface area contributed by atoms with Gasteiger partial charge in [0.15, 0.2) is 0 Å². The summed E-state index contributed by atoms with van der Waals surface area (Å²) < 4.78 is 0. The first-order chi connectivity index (χ1) is 8.17. The van der Waals surface area contributed by atoms with E-state index in [9.17, 15) is 4.79 Å². The molecule has 0 atom stereocenters. The number of anilines is 2. The monoisotopic (exact) mass is 237 g/mol. The standard InChI is InChI=1S/C11H19N5O/c1-4-12-11-13-7-6-9(15-11)14-8-10(17)16(3)5-2/h6-7H,4-5,8H2,1-3H3,(H2,12,13,14,15). The van der Waals surface area contributed by atoms with Crippen molar-refractivity contribution in [1.82, 2.24) is 14.9 Å². The van der Waals surface area contributed by atoms with Crippen LogP contribution in [0.3, 0.4) is 0 Å². The summed E-state index contributed by atoms with van der Waals surface area (Å²) in [5, 5.41) is 5.99.